The fourth-order valence-electron chi connectivity index (χ4n) is 2.70. The number of anilines is 1. The van der Waals surface area contributed by atoms with E-state index in [-0.39, 0.29) is 18.0 Å². The van der Waals surface area contributed by atoms with Gasteiger partial charge < -0.3 is 4.42 Å². The largest absolute Gasteiger partial charge is 0.467 e. The third-order valence-corrected chi connectivity index (χ3v) is 5.19. The summed E-state index contributed by atoms with van der Waals surface area (Å²) < 4.78 is 19.0. The highest BCUT2D eigenvalue weighted by Gasteiger charge is 2.23. The summed E-state index contributed by atoms with van der Waals surface area (Å²) in [6.07, 6.45) is 1.54. The van der Waals surface area contributed by atoms with Gasteiger partial charge in [-0.2, -0.15) is 0 Å². The van der Waals surface area contributed by atoms with Crippen molar-refractivity contribution in [2.45, 2.75) is 6.54 Å². The first-order chi connectivity index (χ1) is 13.6. The Labute approximate surface area is 169 Å². The molecule has 7 heteroatoms. The van der Waals surface area contributed by atoms with Crippen LogP contribution in [0, 0.1) is 5.82 Å². The molecule has 4 aromatic rings. The van der Waals surface area contributed by atoms with Gasteiger partial charge in [0.05, 0.1) is 18.5 Å². The molecule has 2 aromatic carbocycles. The van der Waals surface area contributed by atoms with E-state index in [4.69, 9.17) is 16.0 Å². The molecule has 0 bridgehead atoms. The van der Waals surface area contributed by atoms with E-state index in [2.05, 4.69) is 4.98 Å². The Morgan fingerprint density at radius 1 is 1.14 bits per heavy atom. The first kappa shape index (κ1) is 18.4. The van der Waals surface area contributed by atoms with Gasteiger partial charge >= 0.3 is 0 Å². The van der Waals surface area contributed by atoms with Crippen LogP contribution in [0.1, 0.15) is 16.1 Å². The molecule has 4 nitrogen and oxygen atoms in total. The standard InChI is InChI=1S/C21H14ClFN2O2S/c22-16-8-6-14(7-9-16)19-13-28-21(24-19)25(12-18-5-2-10-27-18)20(26)15-3-1-4-17(23)11-15/h1-11,13H,12H2. The van der Waals surface area contributed by atoms with Gasteiger partial charge in [0, 0.05) is 21.5 Å². The number of rotatable bonds is 5. The molecule has 1 amide bonds. The molecule has 0 aliphatic rings. The predicted octanol–water partition coefficient (Wildman–Crippen LogP) is 6.04. The van der Waals surface area contributed by atoms with Crippen LogP contribution in [0.15, 0.2) is 76.7 Å². The average Bonchev–Trinajstić information content (AvgIpc) is 3.38. The van der Waals surface area contributed by atoms with Crippen LogP contribution < -0.4 is 4.90 Å². The molecular formula is C21H14ClFN2O2S. The van der Waals surface area contributed by atoms with Crippen LogP contribution in [-0.2, 0) is 6.54 Å². The second-order valence-corrected chi connectivity index (χ2v) is 7.28. The van der Waals surface area contributed by atoms with Crippen LogP contribution in [-0.4, -0.2) is 10.9 Å². The molecule has 0 saturated carbocycles. The molecule has 0 aliphatic carbocycles. The van der Waals surface area contributed by atoms with Crippen molar-refractivity contribution in [3.63, 3.8) is 0 Å². The SMILES string of the molecule is O=C(c1cccc(F)c1)N(Cc1ccco1)c1nc(-c2ccc(Cl)cc2)cs1. The van der Waals surface area contributed by atoms with Crippen LogP contribution >= 0.6 is 22.9 Å². The van der Waals surface area contributed by atoms with E-state index in [0.29, 0.717) is 15.9 Å². The minimum atomic E-state index is -0.468. The minimum Gasteiger partial charge on any atom is -0.467 e. The molecule has 0 atom stereocenters. The quantitative estimate of drug-likeness (QED) is 0.401. The summed E-state index contributed by atoms with van der Waals surface area (Å²) in [6, 6.07) is 16.4. The summed E-state index contributed by atoms with van der Waals surface area (Å²) in [5, 5.41) is 3.00. The smallest absolute Gasteiger partial charge is 0.260 e. The van der Waals surface area contributed by atoms with Crippen molar-refractivity contribution in [1.29, 1.82) is 0 Å². The number of carbonyl (C=O) groups is 1. The Kier molecular flexibility index (Phi) is 5.23. The molecule has 0 unspecified atom stereocenters. The summed E-state index contributed by atoms with van der Waals surface area (Å²) in [4.78, 5) is 19.2. The maximum absolute atomic E-state index is 13.6. The van der Waals surface area contributed by atoms with Gasteiger partial charge in [0.25, 0.3) is 5.91 Å². The van der Waals surface area contributed by atoms with E-state index in [1.807, 2.05) is 17.5 Å². The highest BCUT2D eigenvalue weighted by molar-refractivity contribution is 7.14. The number of hydrogen-bond acceptors (Lipinski definition) is 4. The molecular weight excluding hydrogens is 399 g/mol. The lowest BCUT2D eigenvalue weighted by molar-refractivity contribution is 0.0983. The minimum absolute atomic E-state index is 0.190. The lowest BCUT2D eigenvalue weighted by Gasteiger charge is -2.19. The van der Waals surface area contributed by atoms with Crippen LogP contribution in [0.5, 0.6) is 0 Å². The van der Waals surface area contributed by atoms with Gasteiger partial charge in [-0.25, -0.2) is 9.37 Å². The fourth-order valence-corrected chi connectivity index (χ4v) is 3.66. The molecule has 0 aliphatic heterocycles. The Morgan fingerprint density at radius 2 is 1.96 bits per heavy atom. The van der Waals surface area contributed by atoms with E-state index < -0.39 is 5.82 Å². The van der Waals surface area contributed by atoms with Crippen molar-refractivity contribution in [3.8, 4) is 11.3 Å². The Hall–Kier alpha value is -2.96. The Balaban J connectivity index is 1.69. The van der Waals surface area contributed by atoms with Gasteiger partial charge in [-0.05, 0) is 42.5 Å². The van der Waals surface area contributed by atoms with Crippen molar-refractivity contribution >= 4 is 34.0 Å². The van der Waals surface area contributed by atoms with Gasteiger partial charge in [0.2, 0.25) is 0 Å². The molecule has 2 heterocycles. The molecule has 0 fully saturated rings. The lowest BCUT2D eigenvalue weighted by Crippen LogP contribution is -2.30. The number of benzene rings is 2. The van der Waals surface area contributed by atoms with E-state index in [9.17, 15) is 9.18 Å². The Morgan fingerprint density at radius 3 is 2.68 bits per heavy atom. The van der Waals surface area contributed by atoms with Gasteiger partial charge in [0.1, 0.15) is 11.6 Å². The van der Waals surface area contributed by atoms with Crippen LogP contribution in [0.25, 0.3) is 11.3 Å². The van der Waals surface area contributed by atoms with Crippen molar-refractivity contribution in [3.05, 3.63) is 94.5 Å². The monoisotopic (exact) mass is 412 g/mol. The summed E-state index contributed by atoms with van der Waals surface area (Å²) in [5.41, 5.74) is 1.87. The summed E-state index contributed by atoms with van der Waals surface area (Å²) >= 11 is 7.28. The van der Waals surface area contributed by atoms with Crippen LogP contribution in [0.4, 0.5) is 9.52 Å². The second-order valence-electron chi connectivity index (χ2n) is 6.00. The number of hydrogen-bond donors (Lipinski definition) is 0. The maximum atomic E-state index is 13.6. The van der Waals surface area contributed by atoms with Crippen LogP contribution in [0.3, 0.4) is 0 Å². The third kappa shape index (κ3) is 3.98. The zero-order valence-corrected chi connectivity index (χ0v) is 16.1. The first-order valence-corrected chi connectivity index (χ1v) is 9.67. The number of carbonyl (C=O) groups excluding carboxylic acids is 1. The number of furan rings is 1. The van der Waals surface area contributed by atoms with Crippen molar-refractivity contribution < 1.29 is 13.6 Å². The topological polar surface area (TPSA) is 46.3 Å². The third-order valence-electron chi connectivity index (χ3n) is 4.07. The van der Waals surface area contributed by atoms with Crippen molar-refractivity contribution in [2.24, 2.45) is 0 Å². The number of nitrogens with zero attached hydrogens (tertiary/aromatic N) is 2. The van der Waals surface area contributed by atoms with Crippen LogP contribution in [0.2, 0.25) is 5.02 Å². The Bertz CT molecular complexity index is 1090. The zero-order chi connectivity index (χ0) is 19.5. The van der Waals surface area contributed by atoms with Gasteiger partial charge in [-0.1, -0.05) is 29.8 Å². The summed E-state index contributed by atoms with van der Waals surface area (Å²) in [5.74, 6) is -0.217. The van der Waals surface area contributed by atoms with E-state index >= 15 is 0 Å². The van der Waals surface area contributed by atoms with E-state index in [0.717, 1.165) is 11.3 Å². The zero-order valence-electron chi connectivity index (χ0n) is 14.5. The summed E-state index contributed by atoms with van der Waals surface area (Å²) in [7, 11) is 0. The maximum Gasteiger partial charge on any atom is 0.260 e. The van der Waals surface area contributed by atoms with Crippen molar-refractivity contribution in [1.82, 2.24) is 4.98 Å². The second kappa shape index (κ2) is 7.96. The molecule has 0 N–H and O–H groups in total. The van der Waals surface area contributed by atoms with E-state index in [1.54, 1.807) is 36.6 Å². The summed E-state index contributed by atoms with van der Waals surface area (Å²) in [6.45, 7) is 0.190. The van der Waals surface area contributed by atoms with E-state index in [1.165, 1.54) is 34.4 Å². The molecule has 0 saturated heterocycles. The number of aromatic nitrogens is 1. The average molecular weight is 413 g/mol. The fraction of sp³-hybridized carbons (Fsp3) is 0.0476. The number of halogens is 2. The molecule has 0 radical (unpaired) electrons. The van der Waals surface area contributed by atoms with Gasteiger partial charge in [0.15, 0.2) is 5.13 Å². The molecule has 0 spiro atoms. The van der Waals surface area contributed by atoms with Crippen molar-refractivity contribution in [2.75, 3.05) is 4.90 Å². The van der Waals surface area contributed by atoms with Gasteiger partial charge in [-0.15, -0.1) is 11.3 Å². The van der Waals surface area contributed by atoms with Gasteiger partial charge in [-0.3, -0.25) is 9.69 Å². The molecule has 28 heavy (non-hydrogen) atoms. The predicted molar refractivity (Wildman–Crippen MR) is 108 cm³/mol. The normalized spacial score (nSPS) is 10.8. The highest BCUT2D eigenvalue weighted by atomic mass is 35.5. The number of amides is 1. The molecule has 4 rings (SSSR count). The number of thiazole rings is 1. The molecule has 140 valence electrons. The lowest BCUT2D eigenvalue weighted by atomic mass is 10.2. The molecule has 2 aromatic heterocycles. The first-order valence-electron chi connectivity index (χ1n) is 8.41. The highest BCUT2D eigenvalue weighted by Crippen LogP contribution is 2.30.